The third-order valence-corrected chi connectivity index (χ3v) is 6.03. The zero-order valence-electron chi connectivity index (χ0n) is 18.4. The maximum absolute atomic E-state index is 12.3. The number of benzene rings is 3. The molecule has 0 atom stereocenters. The van der Waals surface area contributed by atoms with E-state index in [0.717, 1.165) is 22.8 Å². The standard InChI is InChI=1S/C24H20ClN5O4S/c1-34-19-9-3-16(4-10-19)23-28-29-24(30(23)18-7-5-17(25)6-8-18)35-14-22(33)27-26-13-15-2-11-20(31)21(32)12-15/h2-13H,14H2,1H3,(H3,26,27,31,32,33). The average Bonchev–Trinajstić information content (AvgIpc) is 3.29. The lowest BCUT2D eigenvalue weighted by Crippen LogP contribution is -2.34. The van der Waals surface area contributed by atoms with Crippen molar-refractivity contribution in [2.24, 2.45) is 5.10 Å². The van der Waals surface area contributed by atoms with E-state index < -0.39 is 5.75 Å². The summed E-state index contributed by atoms with van der Waals surface area (Å²) in [5, 5.41) is 33.2. The molecule has 11 heteroatoms. The van der Waals surface area contributed by atoms with Crippen molar-refractivity contribution in [3.05, 3.63) is 77.3 Å². The van der Waals surface area contributed by atoms with Crippen molar-refractivity contribution >= 4 is 35.5 Å². The van der Waals surface area contributed by atoms with E-state index in [1.807, 2.05) is 41.0 Å². The fourth-order valence-corrected chi connectivity index (χ4v) is 4.01. The van der Waals surface area contributed by atoms with Crippen LogP contribution in [0.3, 0.4) is 0 Å². The number of carbonyl (C=O) groups excluding carboxylic acids is 1. The van der Waals surface area contributed by atoms with Gasteiger partial charge in [-0.2, -0.15) is 9.67 Å². The molecule has 3 aromatic carbocycles. The smallest absolute Gasteiger partial charge is 0.342 e. The minimum atomic E-state index is -0.482. The van der Waals surface area contributed by atoms with Gasteiger partial charge in [0.1, 0.15) is 17.2 Å². The zero-order chi connectivity index (χ0) is 24.8. The summed E-state index contributed by atoms with van der Waals surface area (Å²) in [6.07, 6.45) is 1.34. The number of phenols is 1. The predicted octanol–water partition coefficient (Wildman–Crippen LogP) is 3.04. The van der Waals surface area contributed by atoms with E-state index >= 15 is 0 Å². The number of nitrogens with one attached hydrogen (secondary N) is 2. The van der Waals surface area contributed by atoms with Crippen molar-refractivity contribution in [3.8, 4) is 34.3 Å². The monoisotopic (exact) mass is 509 g/mol. The summed E-state index contributed by atoms with van der Waals surface area (Å²) in [5.74, 6) is 0.281. The molecule has 4 rings (SSSR count). The molecule has 0 saturated heterocycles. The van der Waals surface area contributed by atoms with Crippen LogP contribution in [0.4, 0.5) is 0 Å². The molecule has 0 bridgehead atoms. The van der Waals surface area contributed by atoms with Gasteiger partial charge in [0.15, 0.2) is 0 Å². The Hall–Kier alpha value is -4.02. The lowest BCUT2D eigenvalue weighted by Gasteiger charge is -2.07. The number of hydrogen-bond acceptors (Lipinski definition) is 7. The van der Waals surface area contributed by atoms with Crippen LogP contribution in [0.25, 0.3) is 17.1 Å². The van der Waals surface area contributed by atoms with Crippen molar-refractivity contribution < 1.29 is 24.3 Å². The third-order valence-electron chi connectivity index (χ3n) is 4.84. The number of hydrogen-bond donors (Lipinski definition) is 3. The summed E-state index contributed by atoms with van der Waals surface area (Å²) in [7, 11) is 1.61. The third kappa shape index (κ3) is 5.92. The van der Waals surface area contributed by atoms with Gasteiger partial charge in [-0.05, 0) is 71.9 Å². The quantitative estimate of drug-likeness (QED) is 0.145. The Labute approximate surface area is 210 Å². The Bertz CT molecular complexity index is 1360. The highest BCUT2D eigenvalue weighted by Crippen LogP contribution is 2.23. The van der Waals surface area contributed by atoms with Gasteiger partial charge < -0.3 is 14.9 Å². The summed E-state index contributed by atoms with van der Waals surface area (Å²) in [6, 6.07) is 18.8. The SMILES string of the molecule is COc1ccc(-c2[nH]nc(SCC(=O)NN=Cc3ccc([O-])c(O)c3)[n+]2-c2ccc(Cl)cc2)cc1. The van der Waals surface area contributed by atoms with Crippen LogP contribution in [0.5, 0.6) is 17.2 Å². The number of nitrogens with zero attached hydrogens (tertiary/aromatic N) is 3. The van der Waals surface area contributed by atoms with E-state index in [1.165, 1.54) is 36.2 Å². The predicted molar refractivity (Wildman–Crippen MR) is 131 cm³/mol. The molecular weight excluding hydrogens is 490 g/mol. The lowest BCUT2D eigenvalue weighted by molar-refractivity contribution is -0.625. The summed E-state index contributed by atoms with van der Waals surface area (Å²) >= 11 is 7.29. The van der Waals surface area contributed by atoms with Gasteiger partial charge in [0.25, 0.3) is 11.7 Å². The van der Waals surface area contributed by atoms with Gasteiger partial charge in [0, 0.05) is 5.02 Å². The number of amides is 1. The van der Waals surface area contributed by atoms with Crippen LogP contribution in [-0.4, -0.2) is 40.3 Å². The van der Waals surface area contributed by atoms with E-state index in [1.54, 1.807) is 19.2 Å². The second-order valence-corrected chi connectivity index (χ2v) is 8.58. The molecule has 0 radical (unpaired) electrons. The van der Waals surface area contributed by atoms with Gasteiger partial charge in [-0.1, -0.05) is 29.5 Å². The minimum absolute atomic E-state index is 0.0442. The second-order valence-electron chi connectivity index (χ2n) is 7.20. The number of H-pyrrole nitrogens is 1. The molecule has 0 saturated carbocycles. The number of methoxy groups -OCH3 is 1. The molecule has 1 aromatic heterocycles. The number of thioether (sulfide) groups is 1. The lowest BCUT2D eigenvalue weighted by atomic mass is 10.2. The Kier molecular flexibility index (Phi) is 7.54. The van der Waals surface area contributed by atoms with Gasteiger partial charge >= 0.3 is 5.16 Å². The first kappa shape index (κ1) is 24.1. The zero-order valence-corrected chi connectivity index (χ0v) is 20.0. The number of aromatic hydroxyl groups is 1. The van der Waals surface area contributed by atoms with Crippen LogP contribution in [0.15, 0.2) is 77.0 Å². The Morgan fingerprint density at radius 2 is 1.97 bits per heavy atom. The van der Waals surface area contributed by atoms with Gasteiger partial charge in [0.05, 0.1) is 29.7 Å². The Morgan fingerprint density at radius 1 is 1.23 bits per heavy atom. The van der Waals surface area contributed by atoms with Crippen molar-refractivity contribution in [3.63, 3.8) is 0 Å². The number of hydrazone groups is 1. The molecule has 178 valence electrons. The Balaban J connectivity index is 1.51. The highest BCUT2D eigenvalue weighted by Gasteiger charge is 2.24. The normalized spacial score (nSPS) is 11.0. The van der Waals surface area contributed by atoms with Gasteiger partial charge in [-0.25, -0.2) is 5.43 Å². The molecule has 0 spiro atoms. The summed E-state index contributed by atoms with van der Waals surface area (Å²) in [4.78, 5) is 12.3. The average molecular weight is 510 g/mol. The van der Waals surface area contributed by atoms with Crippen LogP contribution in [0.1, 0.15) is 5.56 Å². The van der Waals surface area contributed by atoms with Gasteiger partial charge in [0.2, 0.25) is 0 Å². The number of rotatable bonds is 8. The van der Waals surface area contributed by atoms with E-state index in [-0.39, 0.29) is 17.4 Å². The first-order valence-electron chi connectivity index (χ1n) is 10.3. The molecule has 0 aliphatic heterocycles. The summed E-state index contributed by atoms with van der Waals surface area (Å²) in [6.45, 7) is 0. The topological polar surface area (TPSA) is 127 Å². The van der Waals surface area contributed by atoms with Gasteiger partial charge in [-0.3, -0.25) is 4.79 Å². The van der Waals surface area contributed by atoms with Crippen molar-refractivity contribution in [2.75, 3.05) is 12.9 Å². The number of halogens is 1. The molecular formula is C24H20ClN5O4S. The maximum Gasteiger partial charge on any atom is 0.342 e. The van der Waals surface area contributed by atoms with Crippen molar-refractivity contribution in [1.29, 1.82) is 0 Å². The molecule has 0 aliphatic rings. The van der Waals surface area contributed by atoms with E-state index in [2.05, 4.69) is 20.7 Å². The van der Waals surface area contributed by atoms with Crippen LogP contribution >= 0.6 is 23.4 Å². The summed E-state index contributed by atoms with van der Waals surface area (Å²) in [5.41, 5.74) is 4.60. The molecule has 0 fully saturated rings. The number of aromatic nitrogens is 3. The largest absolute Gasteiger partial charge is 0.870 e. The Morgan fingerprint density at radius 3 is 2.66 bits per heavy atom. The van der Waals surface area contributed by atoms with E-state index in [9.17, 15) is 15.0 Å². The molecule has 1 heterocycles. The first-order chi connectivity index (χ1) is 16.9. The maximum atomic E-state index is 12.3. The molecule has 35 heavy (non-hydrogen) atoms. The van der Waals surface area contributed by atoms with Crippen LogP contribution in [-0.2, 0) is 4.79 Å². The van der Waals surface area contributed by atoms with Crippen molar-refractivity contribution in [2.45, 2.75) is 5.16 Å². The van der Waals surface area contributed by atoms with Gasteiger partial charge in [-0.15, -0.1) is 5.10 Å². The number of phenolic OH excluding ortho intramolecular Hbond substituents is 1. The molecule has 0 aliphatic carbocycles. The summed E-state index contributed by atoms with van der Waals surface area (Å²) < 4.78 is 7.14. The highest BCUT2D eigenvalue weighted by atomic mass is 35.5. The van der Waals surface area contributed by atoms with E-state index in [4.69, 9.17) is 16.3 Å². The fourth-order valence-electron chi connectivity index (χ4n) is 3.12. The minimum Gasteiger partial charge on any atom is -0.870 e. The molecule has 1 amide bonds. The van der Waals surface area contributed by atoms with Crippen LogP contribution < -0.4 is 19.8 Å². The van der Waals surface area contributed by atoms with Crippen LogP contribution in [0, 0.1) is 0 Å². The second kappa shape index (κ2) is 10.9. The number of carbonyl (C=O) groups is 1. The molecule has 9 nitrogen and oxygen atoms in total. The number of ether oxygens (including phenoxy) is 1. The molecule has 3 N–H and O–H groups in total. The molecule has 0 unspecified atom stereocenters. The van der Waals surface area contributed by atoms with Crippen molar-refractivity contribution in [1.82, 2.24) is 15.6 Å². The molecule has 4 aromatic rings. The fraction of sp³-hybridized carbons (Fsp3) is 0.0833. The number of aromatic amines is 1. The first-order valence-corrected chi connectivity index (χ1v) is 11.7. The highest BCUT2D eigenvalue weighted by molar-refractivity contribution is 7.99. The van der Waals surface area contributed by atoms with E-state index in [0.29, 0.717) is 15.7 Å². The van der Waals surface area contributed by atoms with Crippen LogP contribution in [0.2, 0.25) is 5.02 Å².